The number of benzene rings is 1. The summed E-state index contributed by atoms with van der Waals surface area (Å²) < 4.78 is 6.07. The van der Waals surface area contributed by atoms with Gasteiger partial charge in [0.15, 0.2) is 0 Å². The summed E-state index contributed by atoms with van der Waals surface area (Å²) in [4.78, 5) is 2.55. The van der Waals surface area contributed by atoms with E-state index < -0.39 is 0 Å². The van der Waals surface area contributed by atoms with Crippen LogP contribution in [0.5, 0.6) is 0 Å². The maximum Gasteiger partial charge on any atom is 0.123 e. The fraction of sp³-hybridized carbons (Fsp3) is 0.400. The molecule has 122 valence electrons. The minimum Gasteiger partial charge on any atom is -0.489 e. The summed E-state index contributed by atoms with van der Waals surface area (Å²) in [7, 11) is 0. The summed E-state index contributed by atoms with van der Waals surface area (Å²) in [5, 5.41) is 0. The molecule has 1 saturated heterocycles. The SMILES string of the molecule is C1=CC2=C(Cc3ccccc3CO2)/C(=C\CN2CCCC2)C1.Cl. The third-order valence-corrected chi connectivity index (χ3v) is 4.96. The summed E-state index contributed by atoms with van der Waals surface area (Å²) in [5.74, 6) is 1.08. The van der Waals surface area contributed by atoms with E-state index in [1.807, 2.05) is 0 Å². The van der Waals surface area contributed by atoms with Crippen molar-refractivity contribution in [3.05, 3.63) is 70.5 Å². The van der Waals surface area contributed by atoms with E-state index in [4.69, 9.17) is 4.74 Å². The smallest absolute Gasteiger partial charge is 0.123 e. The Morgan fingerprint density at radius 1 is 1.09 bits per heavy atom. The average Bonchev–Trinajstić information content (AvgIpc) is 2.99. The molecule has 0 unspecified atom stereocenters. The molecule has 1 aromatic rings. The lowest BCUT2D eigenvalue weighted by molar-refractivity contribution is 0.210. The van der Waals surface area contributed by atoms with Crippen molar-refractivity contribution in [1.82, 2.24) is 4.90 Å². The van der Waals surface area contributed by atoms with E-state index in [1.165, 1.54) is 48.2 Å². The van der Waals surface area contributed by atoms with Crippen LogP contribution in [0.25, 0.3) is 0 Å². The van der Waals surface area contributed by atoms with E-state index >= 15 is 0 Å². The van der Waals surface area contributed by atoms with Gasteiger partial charge in [-0.2, -0.15) is 0 Å². The Kier molecular flexibility index (Phi) is 5.24. The van der Waals surface area contributed by atoms with Gasteiger partial charge in [-0.05, 0) is 55.1 Å². The first-order valence-electron chi connectivity index (χ1n) is 8.41. The molecule has 0 amide bonds. The van der Waals surface area contributed by atoms with Crippen molar-refractivity contribution in [3.8, 4) is 0 Å². The molecule has 1 fully saturated rings. The quantitative estimate of drug-likeness (QED) is 0.796. The highest BCUT2D eigenvalue weighted by Gasteiger charge is 2.20. The third kappa shape index (κ3) is 3.54. The molecular formula is C20H24ClNO. The van der Waals surface area contributed by atoms with Crippen LogP contribution in [0.1, 0.15) is 30.4 Å². The number of halogens is 1. The Balaban J connectivity index is 0.00000156. The van der Waals surface area contributed by atoms with Crippen molar-refractivity contribution in [2.45, 2.75) is 32.3 Å². The Labute approximate surface area is 144 Å². The van der Waals surface area contributed by atoms with Gasteiger partial charge in [-0.25, -0.2) is 0 Å². The summed E-state index contributed by atoms with van der Waals surface area (Å²) >= 11 is 0. The molecule has 0 saturated carbocycles. The Morgan fingerprint density at radius 2 is 1.87 bits per heavy atom. The topological polar surface area (TPSA) is 12.5 Å². The molecule has 2 nitrogen and oxygen atoms in total. The first kappa shape index (κ1) is 16.4. The molecule has 2 heterocycles. The fourth-order valence-corrected chi connectivity index (χ4v) is 3.64. The van der Waals surface area contributed by atoms with Crippen LogP contribution in [-0.4, -0.2) is 24.5 Å². The Bertz CT molecular complexity index is 653. The second-order valence-corrected chi connectivity index (χ2v) is 6.42. The maximum atomic E-state index is 6.07. The third-order valence-electron chi connectivity index (χ3n) is 4.96. The first-order valence-corrected chi connectivity index (χ1v) is 8.41. The molecule has 0 spiro atoms. The van der Waals surface area contributed by atoms with Crippen molar-refractivity contribution >= 4 is 12.4 Å². The van der Waals surface area contributed by atoms with Crippen molar-refractivity contribution in [2.75, 3.05) is 19.6 Å². The molecule has 0 aromatic heterocycles. The number of hydrogen-bond acceptors (Lipinski definition) is 2. The zero-order valence-electron chi connectivity index (χ0n) is 13.5. The van der Waals surface area contributed by atoms with Crippen LogP contribution in [0.3, 0.4) is 0 Å². The highest BCUT2D eigenvalue weighted by atomic mass is 35.5. The van der Waals surface area contributed by atoms with Crippen LogP contribution in [0.4, 0.5) is 0 Å². The molecule has 1 aromatic carbocycles. The fourth-order valence-electron chi connectivity index (χ4n) is 3.64. The van der Waals surface area contributed by atoms with Crippen LogP contribution < -0.4 is 0 Å². The second kappa shape index (κ2) is 7.37. The van der Waals surface area contributed by atoms with Gasteiger partial charge in [-0.3, -0.25) is 4.90 Å². The maximum absolute atomic E-state index is 6.07. The molecule has 4 rings (SSSR count). The predicted octanol–water partition coefficient (Wildman–Crippen LogP) is 4.42. The molecule has 0 radical (unpaired) electrons. The Morgan fingerprint density at radius 3 is 2.70 bits per heavy atom. The number of likely N-dealkylation sites (tertiary alicyclic amines) is 1. The minimum atomic E-state index is 0. The van der Waals surface area contributed by atoms with Gasteiger partial charge in [0.05, 0.1) is 0 Å². The van der Waals surface area contributed by atoms with E-state index in [9.17, 15) is 0 Å². The standard InChI is InChI=1S/C20H23NO.ClH/c1-2-7-18-15-22-20-9-5-8-16(19(20)14-17(18)6-1)10-13-21-11-3-4-12-21;/h1-2,5-7,9-10H,3-4,8,11-15H2;1H/b16-10-;. The van der Waals surface area contributed by atoms with Gasteiger partial charge in [-0.15, -0.1) is 12.4 Å². The summed E-state index contributed by atoms with van der Waals surface area (Å²) in [6.07, 6.45) is 11.6. The van der Waals surface area contributed by atoms with Gasteiger partial charge < -0.3 is 4.74 Å². The van der Waals surface area contributed by atoms with Crippen molar-refractivity contribution in [1.29, 1.82) is 0 Å². The van der Waals surface area contributed by atoms with E-state index in [-0.39, 0.29) is 12.4 Å². The number of nitrogens with zero attached hydrogens (tertiary/aromatic N) is 1. The van der Waals surface area contributed by atoms with Crippen LogP contribution >= 0.6 is 12.4 Å². The molecule has 2 aliphatic heterocycles. The second-order valence-electron chi connectivity index (χ2n) is 6.42. The number of allylic oxidation sites excluding steroid dienone is 4. The summed E-state index contributed by atoms with van der Waals surface area (Å²) in [5.41, 5.74) is 5.59. The summed E-state index contributed by atoms with van der Waals surface area (Å²) in [6, 6.07) is 8.67. The zero-order valence-corrected chi connectivity index (χ0v) is 14.3. The minimum absolute atomic E-state index is 0. The number of fused-ring (bicyclic) bond motifs is 1. The molecule has 0 N–H and O–H groups in total. The van der Waals surface area contributed by atoms with Crippen molar-refractivity contribution in [3.63, 3.8) is 0 Å². The number of rotatable bonds is 2. The van der Waals surface area contributed by atoms with Crippen LogP contribution in [-0.2, 0) is 17.8 Å². The largest absolute Gasteiger partial charge is 0.489 e. The van der Waals surface area contributed by atoms with Crippen molar-refractivity contribution < 1.29 is 4.74 Å². The lowest BCUT2D eigenvalue weighted by Crippen LogP contribution is -2.19. The van der Waals surface area contributed by atoms with E-state index in [0.717, 1.165) is 25.1 Å². The first-order chi connectivity index (χ1) is 10.9. The van der Waals surface area contributed by atoms with Crippen molar-refractivity contribution in [2.24, 2.45) is 0 Å². The van der Waals surface area contributed by atoms with E-state index in [2.05, 4.69) is 47.4 Å². The van der Waals surface area contributed by atoms with Gasteiger partial charge in [0.1, 0.15) is 12.4 Å². The molecule has 0 bridgehead atoms. The van der Waals surface area contributed by atoms with Gasteiger partial charge in [0, 0.05) is 18.5 Å². The average molecular weight is 330 g/mol. The highest BCUT2D eigenvalue weighted by Crippen LogP contribution is 2.33. The number of hydrogen-bond donors (Lipinski definition) is 0. The van der Waals surface area contributed by atoms with Gasteiger partial charge in [0.2, 0.25) is 0 Å². The molecule has 1 aliphatic carbocycles. The molecule has 3 heteroatoms. The van der Waals surface area contributed by atoms with E-state index in [1.54, 1.807) is 0 Å². The lowest BCUT2D eigenvalue weighted by atomic mass is 9.90. The normalized spacial score (nSPS) is 22.2. The Hall–Kier alpha value is -1.51. The van der Waals surface area contributed by atoms with Crippen LogP contribution in [0.2, 0.25) is 0 Å². The zero-order chi connectivity index (χ0) is 14.8. The van der Waals surface area contributed by atoms with Crippen LogP contribution in [0, 0.1) is 0 Å². The van der Waals surface area contributed by atoms with Gasteiger partial charge in [-0.1, -0.05) is 36.4 Å². The molecule has 0 atom stereocenters. The number of ether oxygens (including phenoxy) is 1. The van der Waals surface area contributed by atoms with Crippen LogP contribution in [0.15, 0.2) is 59.4 Å². The van der Waals surface area contributed by atoms with Gasteiger partial charge in [0.25, 0.3) is 0 Å². The molecule has 23 heavy (non-hydrogen) atoms. The molecule has 3 aliphatic rings. The van der Waals surface area contributed by atoms with E-state index in [0.29, 0.717) is 6.61 Å². The predicted molar refractivity (Wildman–Crippen MR) is 96.7 cm³/mol. The summed E-state index contributed by atoms with van der Waals surface area (Å²) in [6.45, 7) is 4.29. The monoisotopic (exact) mass is 329 g/mol. The highest BCUT2D eigenvalue weighted by molar-refractivity contribution is 5.85. The molecular weight excluding hydrogens is 306 g/mol. The lowest BCUT2D eigenvalue weighted by Gasteiger charge is -2.19. The van der Waals surface area contributed by atoms with Gasteiger partial charge >= 0.3 is 0 Å².